The lowest BCUT2D eigenvalue weighted by Crippen LogP contribution is -2.55. The summed E-state index contributed by atoms with van der Waals surface area (Å²) in [6.45, 7) is 3.97. The molecule has 0 bridgehead atoms. The van der Waals surface area contributed by atoms with Crippen LogP contribution in [-0.2, 0) is 17.6 Å². The van der Waals surface area contributed by atoms with E-state index in [9.17, 15) is 20.4 Å². The molecule has 0 radical (unpaired) electrons. The fourth-order valence-corrected chi connectivity index (χ4v) is 4.83. The number of methoxy groups -OCH3 is 1. The van der Waals surface area contributed by atoms with Gasteiger partial charge in [0.05, 0.1) is 13.7 Å². The SMILES string of the molecule is C=CCc1ccc(OCCOc2ccc(Cc3cc([C@@H]4O[C@H](CO)[C@@H](O)[C@H](O)[C@H]4O)ccc3Cl)cc2)c(OC)c1. The van der Waals surface area contributed by atoms with Crippen LogP contribution in [0, 0.1) is 0 Å². The van der Waals surface area contributed by atoms with Crippen molar-refractivity contribution in [1.82, 2.24) is 0 Å². The normalized spacial score (nSPS) is 22.5. The van der Waals surface area contributed by atoms with E-state index in [2.05, 4.69) is 6.58 Å². The first kappa shape index (κ1) is 29.9. The Balaban J connectivity index is 1.33. The zero-order valence-electron chi connectivity index (χ0n) is 22.3. The summed E-state index contributed by atoms with van der Waals surface area (Å²) in [6, 6.07) is 18.6. The summed E-state index contributed by atoms with van der Waals surface area (Å²) in [4.78, 5) is 0. The molecule has 0 spiro atoms. The van der Waals surface area contributed by atoms with E-state index in [-0.39, 0.29) is 0 Å². The molecule has 5 atom stereocenters. The van der Waals surface area contributed by atoms with E-state index >= 15 is 0 Å². The lowest BCUT2D eigenvalue weighted by atomic mass is 9.90. The van der Waals surface area contributed by atoms with E-state index in [0.29, 0.717) is 47.5 Å². The zero-order valence-corrected chi connectivity index (χ0v) is 23.0. The molecule has 40 heavy (non-hydrogen) atoms. The quantitative estimate of drug-likeness (QED) is 0.193. The molecule has 3 aromatic carbocycles. The minimum atomic E-state index is -1.45. The molecule has 0 saturated carbocycles. The first-order chi connectivity index (χ1) is 19.3. The highest BCUT2D eigenvalue weighted by Crippen LogP contribution is 2.34. The second kappa shape index (κ2) is 14.0. The predicted molar refractivity (Wildman–Crippen MR) is 151 cm³/mol. The van der Waals surface area contributed by atoms with Gasteiger partial charge in [-0.15, -0.1) is 6.58 Å². The van der Waals surface area contributed by atoms with E-state index in [4.69, 9.17) is 30.5 Å². The highest BCUT2D eigenvalue weighted by atomic mass is 35.5. The third-order valence-corrected chi connectivity index (χ3v) is 7.19. The standard InChI is InChI=1S/C31H35ClO8/c1-3-4-19-7-12-25(26(16-19)37-2)39-14-13-38-23-9-5-20(6-10-23)15-22-17-21(8-11-24(22)32)31-30(36)29(35)28(34)27(18-33)40-31/h3,5-12,16-17,27-31,33-36H,1,4,13-15,18H2,2H3/t27-,28-,29+,30-,31+/m1/s1. The lowest BCUT2D eigenvalue weighted by Gasteiger charge is -2.40. The van der Waals surface area contributed by atoms with Crippen LogP contribution in [0.2, 0.25) is 5.02 Å². The molecule has 0 aromatic heterocycles. The molecule has 1 aliphatic rings. The molecule has 3 aromatic rings. The first-order valence-electron chi connectivity index (χ1n) is 13.1. The van der Waals surface area contributed by atoms with Crippen molar-refractivity contribution in [2.75, 3.05) is 26.9 Å². The smallest absolute Gasteiger partial charge is 0.161 e. The summed E-state index contributed by atoms with van der Waals surface area (Å²) >= 11 is 6.46. The summed E-state index contributed by atoms with van der Waals surface area (Å²) in [6.07, 6.45) is -3.01. The van der Waals surface area contributed by atoms with Crippen molar-refractivity contribution in [2.24, 2.45) is 0 Å². The van der Waals surface area contributed by atoms with Crippen molar-refractivity contribution in [2.45, 2.75) is 43.4 Å². The predicted octanol–water partition coefficient (Wildman–Crippen LogP) is 3.64. The number of allylic oxidation sites excluding steroid dienone is 1. The minimum Gasteiger partial charge on any atom is -0.493 e. The van der Waals surface area contributed by atoms with E-state index in [1.54, 1.807) is 25.3 Å². The van der Waals surface area contributed by atoms with Crippen LogP contribution in [0.25, 0.3) is 0 Å². The second-order valence-corrected chi connectivity index (χ2v) is 10.0. The molecular formula is C31H35ClO8. The topological polar surface area (TPSA) is 118 Å². The number of ether oxygens (including phenoxy) is 4. The van der Waals surface area contributed by atoms with Crippen molar-refractivity contribution < 1.29 is 39.4 Å². The molecule has 8 nitrogen and oxygen atoms in total. The van der Waals surface area contributed by atoms with Crippen LogP contribution in [-0.4, -0.2) is 71.8 Å². The van der Waals surface area contributed by atoms with Crippen LogP contribution in [0.5, 0.6) is 17.2 Å². The minimum absolute atomic E-state index is 0.346. The molecule has 4 rings (SSSR count). The van der Waals surface area contributed by atoms with Gasteiger partial charge in [-0.05, 0) is 65.4 Å². The van der Waals surface area contributed by atoms with E-state index < -0.39 is 37.1 Å². The molecule has 0 amide bonds. The van der Waals surface area contributed by atoms with E-state index in [0.717, 1.165) is 23.1 Å². The number of hydrogen-bond donors (Lipinski definition) is 4. The van der Waals surface area contributed by atoms with Gasteiger partial charge in [-0.25, -0.2) is 0 Å². The Morgan fingerprint density at radius 1 is 0.875 bits per heavy atom. The number of hydrogen-bond acceptors (Lipinski definition) is 8. The Hall–Kier alpha value is -3.11. The summed E-state index contributed by atoms with van der Waals surface area (Å²) < 4.78 is 22.8. The van der Waals surface area contributed by atoms with Gasteiger partial charge in [0.2, 0.25) is 0 Å². The maximum atomic E-state index is 10.5. The van der Waals surface area contributed by atoms with Gasteiger partial charge in [0.1, 0.15) is 49.5 Å². The van der Waals surface area contributed by atoms with Crippen LogP contribution in [0.3, 0.4) is 0 Å². The third-order valence-electron chi connectivity index (χ3n) is 6.83. The molecule has 214 valence electrons. The summed E-state index contributed by atoms with van der Waals surface area (Å²) in [5, 5.41) is 40.7. The van der Waals surface area contributed by atoms with Gasteiger partial charge in [0, 0.05) is 5.02 Å². The van der Waals surface area contributed by atoms with Crippen LogP contribution in [0.1, 0.15) is 28.4 Å². The van der Waals surface area contributed by atoms with Crippen LogP contribution in [0.15, 0.2) is 73.3 Å². The number of benzene rings is 3. The fourth-order valence-electron chi connectivity index (χ4n) is 4.64. The van der Waals surface area contributed by atoms with Crippen molar-refractivity contribution in [1.29, 1.82) is 0 Å². The Labute approximate surface area is 239 Å². The molecule has 9 heteroatoms. The molecule has 4 N–H and O–H groups in total. The largest absolute Gasteiger partial charge is 0.493 e. The van der Waals surface area contributed by atoms with Gasteiger partial charge in [-0.3, -0.25) is 0 Å². The lowest BCUT2D eigenvalue weighted by molar-refractivity contribution is -0.231. The summed E-state index contributed by atoms with van der Waals surface area (Å²) in [5.41, 5.74) is 3.47. The molecule has 1 saturated heterocycles. The Bertz CT molecular complexity index is 1260. The number of aliphatic hydroxyl groups excluding tert-OH is 4. The van der Waals surface area contributed by atoms with Gasteiger partial charge in [0.25, 0.3) is 0 Å². The van der Waals surface area contributed by atoms with Crippen molar-refractivity contribution >= 4 is 11.6 Å². The van der Waals surface area contributed by atoms with Gasteiger partial charge >= 0.3 is 0 Å². The highest BCUT2D eigenvalue weighted by molar-refractivity contribution is 6.31. The maximum Gasteiger partial charge on any atom is 0.161 e. The van der Waals surface area contributed by atoms with E-state index in [1.165, 1.54) is 0 Å². The fraction of sp³-hybridized carbons (Fsp3) is 0.355. The Kier molecular flexibility index (Phi) is 10.4. The third kappa shape index (κ3) is 7.14. The summed E-state index contributed by atoms with van der Waals surface area (Å²) in [7, 11) is 1.61. The van der Waals surface area contributed by atoms with Crippen LogP contribution in [0.4, 0.5) is 0 Å². The van der Waals surface area contributed by atoms with Crippen molar-refractivity contribution in [3.05, 3.63) is 101 Å². The van der Waals surface area contributed by atoms with Crippen LogP contribution >= 0.6 is 11.6 Å². The molecule has 1 heterocycles. The van der Waals surface area contributed by atoms with E-state index in [1.807, 2.05) is 48.5 Å². The average molecular weight is 571 g/mol. The van der Waals surface area contributed by atoms with Gasteiger partial charge in [-0.1, -0.05) is 48.0 Å². The van der Waals surface area contributed by atoms with Gasteiger partial charge < -0.3 is 39.4 Å². The van der Waals surface area contributed by atoms with Crippen molar-refractivity contribution in [3.8, 4) is 17.2 Å². The number of rotatable bonds is 12. The summed E-state index contributed by atoms with van der Waals surface area (Å²) in [5.74, 6) is 2.01. The monoisotopic (exact) mass is 570 g/mol. The van der Waals surface area contributed by atoms with Crippen LogP contribution < -0.4 is 14.2 Å². The Morgan fingerprint density at radius 2 is 1.60 bits per heavy atom. The van der Waals surface area contributed by atoms with Crippen molar-refractivity contribution in [3.63, 3.8) is 0 Å². The first-order valence-corrected chi connectivity index (χ1v) is 13.4. The molecular weight excluding hydrogens is 536 g/mol. The molecule has 0 unspecified atom stereocenters. The molecule has 1 aliphatic heterocycles. The average Bonchev–Trinajstić information content (AvgIpc) is 2.97. The zero-order chi connectivity index (χ0) is 28.6. The molecule has 0 aliphatic carbocycles. The Morgan fingerprint density at radius 3 is 2.30 bits per heavy atom. The maximum absolute atomic E-state index is 10.5. The van der Waals surface area contributed by atoms with Gasteiger partial charge in [0.15, 0.2) is 11.5 Å². The van der Waals surface area contributed by atoms with Gasteiger partial charge in [-0.2, -0.15) is 0 Å². The number of aliphatic hydroxyl groups is 4. The highest BCUT2D eigenvalue weighted by Gasteiger charge is 2.44. The number of halogens is 1. The second-order valence-electron chi connectivity index (χ2n) is 9.60. The molecule has 1 fully saturated rings.